The fourth-order valence-corrected chi connectivity index (χ4v) is 0.988. The zero-order valence-corrected chi connectivity index (χ0v) is 8.07. The minimum Gasteiger partial charge on any atom is -0.322 e. The minimum atomic E-state index is -0.635. The van der Waals surface area contributed by atoms with Gasteiger partial charge in [0.15, 0.2) is 0 Å². The Hall–Kier alpha value is -0.670. The van der Waals surface area contributed by atoms with Crippen molar-refractivity contribution in [3.05, 3.63) is 35.1 Å². The Morgan fingerprint density at radius 3 is 2.54 bits per heavy atom. The Morgan fingerprint density at radius 1 is 1.46 bits per heavy atom. The molecule has 74 valence electrons. The highest BCUT2D eigenvalue weighted by atomic mass is 35.5. The number of nitrogens with two attached hydrogens (primary N) is 1. The molecule has 0 bridgehead atoms. The van der Waals surface area contributed by atoms with Gasteiger partial charge in [-0.1, -0.05) is 12.1 Å². The van der Waals surface area contributed by atoms with Gasteiger partial charge in [-0.2, -0.15) is 0 Å². The normalized spacial score (nSPS) is 12.0. The molecular weight excluding hydrogens is 196 g/mol. The number of alkyl halides is 1. The number of halogens is 3. The lowest BCUT2D eigenvalue weighted by molar-refractivity contribution is 0.436. The highest BCUT2D eigenvalue weighted by Gasteiger charge is 2.06. The Labute approximate surface area is 82.4 Å². The first-order valence-electron chi connectivity index (χ1n) is 3.72. The fraction of sp³-hybridized carbons (Fsp3) is 0.333. The lowest BCUT2D eigenvalue weighted by atomic mass is 10.1. The van der Waals surface area contributed by atoms with Gasteiger partial charge < -0.3 is 5.73 Å². The van der Waals surface area contributed by atoms with Gasteiger partial charge in [0.2, 0.25) is 0 Å². The molecule has 1 aromatic rings. The molecule has 0 heterocycles. The Bertz CT molecular complexity index is 278. The van der Waals surface area contributed by atoms with Crippen LogP contribution in [0.5, 0.6) is 0 Å². The topological polar surface area (TPSA) is 26.0 Å². The van der Waals surface area contributed by atoms with Crippen LogP contribution < -0.4 is 5.73 Å². The fourth-order valence-electron chi connectivity index (χ4n) is 0.988. The second-order valence-electron chi connectivity index (χ2n) is 2.77. The van der Waals surface area contributed by atoms with E-state index in [2.05, 4.69) is 0 Å². The third kappa shape index (κ3) is 2.94. The van der Waals surface area contributed by atoms with E-state index in [9.17, 15) is 8.78 Å². The molecule has 0 unspecified atom stereocenters. The Morgan fingerprint density at radius 2 is 2.08 bits per heavy atom. The highest BCUT2D eigenvalue weighted by Crippen LogP contribution is 2.14. The molecule has 2 N–H and O–H groups in total. The van der Waals surface area contributed by atoms with Gasteiger partial charge in [-0.15, -0.1) is 12.4 Å². The van der Waals surface area contributed by atoms with E-state index in [-0.39, 0.29) is 18.2 Å². The summed E-state index contributed by atoms with van der Waals surface area (Å²) in [5.41, 5.74) is 6.55. The number of aryl methyl sites for hydroxylation is 1. The molecule has 0 aliphatic heterocycles. The summed E-state index contributed by atoms with van der Waals surface area (Å²) in [5, 5.41) is 0. The van der Waals surface area contributed by atoms with E-state index < -0.39 is 12.7 Å². The van der Waals surface area contributed by atoms with Crippen LogP contribution in [0, 0.1) is 12.7 Å². The van der Waals surface area contributed by atoms with Crippen LogP contribution in [0.1, 0.15) is 17.2 Å². The predicted octanol–water partition coefficient (Wildman–Crippen LogP) is 2.53. The van der Waals surface area contributed by atoms with Gasteiger partial charge in [-0.25, -0.2) is 8.78 Å². The third-order valence-corrected chi connectivity index (χ3v) is 1.78. The molecule has 1 aromatic carbocycles. The predicted molar refractivity (Wildman–Crippen MR) is 51.3 cm³/mol. The smallest absolute Gasteiger partial charge is 0.126 e. The van der Waals surface area contributed by atoms with Crippen molar-refractivity contribution in [2.75, 3.05) is 6.67 Å². The molecular formula is C9H12ClF2N. The van der Waals surface area contributed by atoms with Gasteiger partial charge in [0, 0.05) is 0 Å². The summed E-state index contributed by atoms with van der Waals surface area (Å²) in [7, 11) is 0. The average Bonchev–Trinajstić information content (AvgIpc) is 2.08. The van der Waals surface area contributed by atoms with Crippen LogP contribution in [0.4, 0.5) is 8.78 Å². The summed E-state index contributed by atoms with van der Waals surface area (Å²) in [5.74, 6) is -0.287. The first kappa shape index (κ1) is 12.3. The Balaban J connectivity index is 0.00000144. The van der Waals surface area contributed by atoms with Gasteiger partial charge in [-0.05, 0) is 24.1 Å². The molecule has 0 saturated carbocycles. The number of hydrogen-bond acceptors (Lipinski definition) is 1. The van der Waals surface area contributed by atoms with E-state index in [4.69, 9.17) is 5.73 Å². The number of hydrogen-bond donors (Lipinski definition) is 1. The molecule has 0 radical (unpaired) electrons. The molecule has 0 saturated heterocycles. The highest BCUT2D eigenvalue weighted by molar-refractivity contribution is 5.85. The first-order valence-corrected chi connectivity index (χ1v) is 3.72. The molecule has 0 aliphatic rings. The van der Waals surface area contributed by atoms with Crippen LogP contribution in [0.3, 0.4) is 0 Å². The quantitative estimate of drug-likeness (QED) is 0.793. The number of benzene rings is 1. The number of rotatable bonds is 2. The Kier molecular flexibility index (Phi) is 4.88. The van der Waals surface area contributed by atoms with Gasteiger partial charge >= 0.3 is 0 Å². The molecule has 13 heavy (non-hydrogen) atoms. The van der Waals surface area contributed by atoms with Crippen molar-refractivity contribution >= 4 is 12.4 Å². The lowest BCUT2D eigenvalue weighted by Crippen LogP contribution is -2.12. The van der Waals surface area contributed by atoms with E-state index in [0.717, 1.165) is 0 Å². The van der Waals surface area contributed by atoms with Crippen molar-refractivity contribution in [2.24, 2.45) is 5.73 Å². The second kappa shape index (κ2) is 5.14. The monoisotopic (exact) mass is 207 g/mol. The van der Waals surface area contributed by atoms with Crippen molar-refractivity contribution in [1.82, 2.24) is 0 Å². The van der Waals surface area contributed by atoms with Crippen LogP contribution in [0.25, 0.3) is 0 Å². The molecule has 1 atom stereocenters. The summed E-state index contributed by atoms with van der Waals surface area (Å²) in [6.07, 6.45) is 0. The van der Waals surface area contributed by atoms with E-state index in [1.165, 1.54) is 12.1 Å². The third-order valence-electron chi connectivity index (χ3n) is 1.78. The molecule has 1 rings (SSSR count). The van der Waals surface area contributed by atoms with Gasteiger partial charge in [0.25, 0.3) is 0 Å². The summed E-state index contributed by atoms with van der Waals surface area (Å²) < 4.78 is 24.8. The maximum atomic E-state index is 12.7. The van der Waals surface area contributed by atoms with E-state index in [0.29, 0.717) is 11.1 Å². The van der Waals surface area contributed by atoms with Crippen LogP contribution >= 0.6 is 12.4 Å². The molecule has 0 aliphatic carbocycles. The standard InChI is InChI=1S/C9H11F2N.ClH/c1-6-4-7(9(12)5-10)2-3-8(6)11;/h2-4,9H,5,12H2,1H3;1H/t9-;/m0./s1. The molecule has 0 spiro atoms. The molecule has 1 nitrogen and oxygen atoms in total. The molecule has 0 aromatic heterocycles. The zero-order valence-electron chi connectivity index (χ0n) is 7.26. The van der Waals surface area contributed by atoms with Crippen LogP contribution in [-0.2, 0) is 0 Å². The van der Waals surface area contributed by atoms with Crippen molar-refractivity contribution < 1.29 is 8.78 Å². The lowest BCUT2D eigenvalue weighted by Gasteiger charge is -2.07. The van der Waals surface area contributed by atoms with Crippen LogP contribution in [-0.4, -0.2) is 6.67 Å². The van der Waals surface area contributed by atoms with Gasteiger partial charge in [0.1, 0.15) is 12.5 Å². The summed E-state index contributed by atoms with van der Waals surface area (Å²) >= 11 is 0. The summed E-state index contributed by atoms with van der Waals surface area (Å²) in [6.45, 7) is 1.01. The largest absolute Gasteiger partial charge is 0.322 e. The van der Waals surface area contributed by atoms with Crippen LogP contribution in [0.15, 0.2) is 18.2 Å². The van der Waals surface area contributed by atoms with E-state index >= 15 is 0 Å². The van der Waals surface area contributed by atoms with Gasteiger partial charge in [-0.3, -0.25) is 0 Å². The second-order valence-corrected chi connectivity index (χ2v) is 2.77. The van der Waals surface area contributed by atoms with Gasteiger partial charge in [0.05, 0.1) is 6.04 Å². The van der Waals surface area contributed by atoms with E-state index in [1.54, 1.807) is 13.0 Å². The summed E-state index contributed by atoms with van der Waals surface area (Å²) in [6, 6.07) is 3.75. The first-order chi connectivity index (χ1) is 5.65. The maximum absolute atomic E-state index is 12.7. The zero-order chi connectivity index (χ0) is 9.14. The molecule has 0 amide bonds. The average molecular weight is 208 g/mol. The SMILES string of the molecule is Cc1cc([C@@H](N)CF)ccc1F.Cl. The van der Waals surface area contributed by atoms with Crippen LogP contribution in [0.2, 0.25) is 0 Å². The van der Waals surface area contributed by atoms with Crippen molar-refractivity contribution in [3.63, 3.8) is 0 Å². The van der Waals surface area contributed by atoms with E-state index in [1.807, 2.05) is 0 Å². The minimum absolute atomic E-state index is 0. The van der Waals surface area contributed by atoms with Crippen molar-refractivity contribution in [3.8, 4) is 0 Å². The van der Waals surface area contributed by atoms with Crippen molar-refractivity contribution in [2.45, 2.75) is 13.0 Å². The summed E-state index contributed by atoms with van der Waals surface area (Å²) in [4.78, 5) is 0. The van der Waals surface area contributed by atoms with Crippen molar-refractivity contribution in [1.29, 1.82) is 0 Å². The molecule has 0 fully saturated rings. The molecule has 4 heteroatoms. The maximum Gasteiger partial charge on any atom is 0.126 e.